The second kappa shape index (κ2) is 8.43. The lowest BCUT2D eigenvalue weighted by Crippen LogP contribution is -2.36. The smallest absolute Gasteiger partial charge is 0.273 e. The van der Waals surface area contributed by atoms with Crippen molar-refractivity contribution < 1.29 is 4.79 Å². The number of carbonyl (C=O) groups excluding carboxylic acids is 1. The van der Waals surface area contributed by atoms with E-state index >= 15 is 0 Å². The molecule has 8 heteroatoms. The number of benzene rings is 2. The van der Waals surface area contributed by atoms with Gasteiger partial charge in [-0.3, -0.25) is 24.2 Å². The van der Waals surface area contributed by atoms with E-state index in [1.165, 1.54) is 0 Å². The Bertz CT molecular complexity index is 1370. The maximum absolute atomic E-state index is 12.6. The Morgan fingerprint density at radius 2 is 1.68 bits per heavy atom. The van der Waals surface area contributed by atoms with Gasteiger partial charge in [-0.05, 0) is 31.5 Å². The van der Waals surface area contributed by atoms with Gasteiger partial charge in [-0.25, -0.2) is 4.68 Å². The van der Waals surface area contributed by atoms with Crippen LogP contribution in [-0.4, -0.2) is 25.5 Å². The van der Waals surface area contributed by atoms with E-state index < -0.39 is 11.1 Å². The van der Waals surface area contributed by atoms with Crippen molar-refractivity contribution in [2.75, 3.05) is 0 Å². The van der Waals surface area contributed by atoms with Crippen LogP contribution < -0.4 is 16.4 Å². The number of rotatable bonds is 6. The van der Waals surface area contributed by atoms with Gasteiger partial charge < -0.3 is 5.32 Å². The van der Waals surface area contributed by atoms with Gasteiger partial charge in [0.15, 0.2) is 0 Å². The van der Waals surface area contributed by atoms with E-state index in [0.29, 0.717) is 11.9 Å². The largest absolute Gasteiger partial charge is 0.350 e. The molecule has 2 heterocycles. The van der Waals surface area contributed by atoms with Gasteiger partial charge in [-0.15, -0.1) is 0 Å². The van der Waals surface area contributed by atoms with Gasteiger partial charge in [0, 0.05) is 17.8 Å². The van der Waals surface area contributed by atoms with Gasteiger partial charge >= 0.3 is 0 Å². The summed E-state index contributed by atoms with van der Waals surface area (Å²) in [4.78, 5) is 37.3. The van der Waals surface area contributed by atoms with E-state index in [1.807, 2.05) is 48.9 Å². The van der Waals surface area contributed by atoms with Gasteiger partial charge in [0.05, 0.1) is 23.0 Å². The van der Waals surface area contributed by atoms with Crippen LogP contribution in [0.4, 0.5) is 0 Å². The first kappa shape index (κ1) is 20.3. The zero-order valence-electron chi connectivity index (χ0n) is 17.4. The normalized spacial score (nSPS) is 11.0. The van der Waals surface area contributed by atoms with Crippen molar-refractivity contribution >= 4 is 16.7 Å². The number of H-pyrrole nitrogens is 1. The van der Waals surface area contributed by atoms with Crippen LogP contribution in [0.1, 0.15) is 22.5 Å². The quantitative estimate of drug-likeness (QED) is 0.500. The number of nitrogens with zero attached hydrogens (tertiary/aromatic N) is 3. The minimum atomic E-state index is -0.409. The molecule has 0 aliphatic heterocycles. The molecule has 2 aromatic carbocycles. The number of hydrogen-bond acceptors (Lipinski definition) is 4. The minimum Gasteiger partial charge on any atom is -0.350 e. The highest BCUT2D eigenvalue weighted by atomic mass is 16.2. The maximum Gasteiger partial charge on any atom is 0.273 e. The van der Waals surface area contributed by atoms with Gasteiger partial charge in [0.25, 0.3) is 11.1 Å². The molecular formula is C23H23N5O3. The van der Waals surface area contributed by atoms with Crippen molar-refractivity contribution in [3.8, 4) is 0 Å². The third-order valence-corrected chi connectivity index (χ3v) is 5.35. The van der Waals surface area contributed by atoms with Crippen LogP contribution in [-0.2, 0) is 24.4 Å². The molecule has 158 valence electrons. The SMILES string of the molecule is Cc1nn(Cc2ccccc2)c(C)c1CNC(=O)Cn1[nH]c(=O)c2ccccc2c1=O. The summed E-state index contributed by atoms with van der Waals surface area (Å²) in [5, 5.41) is 10.5. The zero-order chi connectivity index (χ0) is 22.0. The number of aromatic nitrogens is 4. The molecule has 0 aliphatic carbocycles. The van der Waals surface area contributed by atoms with Crippen molar-refractivity contribution in [2.24, 2.45) is 0 Å². The first-order chi connectivity index (χ1) is 14.9. The van der Waals surface area contributed by atoms with Crippen molar-refractivity contribution in [1.29, 1.82) is 0 Å². The molecule has 0 spiro atoms. The summed E-state index contributed by atoms with van der Waals surface area (Å²) in [7, 11) is 0. The lowest BCUT2D eigenvalue weighted by Gasteiger charge is -2.09. The lowest BCUT2D eigenvalue weighted by atomic mass is 10.2. The van der Waals surface area contributed by atoms with Crippen LogP contribution in [0.2, 0.25) is 0 Å². The molecule has 0 bridgehead atoms. The molecule has 0 aliphatic rings. The predicted molar refractivity (Wildman–Crippen MR) is 118 cm³/mol. The number of amides is 1. The third-order valence-electron chi connectivity index (χ3n) is 5.35. The summed E-state index contributed by atoms with van der Waals surface area (Å²) >= 11 is 0. The molecule has 0 unspecified atom stereocenters. The Kier molecular flexibility index (Phi) is 5.53. The predicted octanol–water partition coefficient (Wildman–Crippen LogP) is 1.87. The fourth-order valence-electron chi connectivity index (χ4n) is 3.64. The molecule has 8 nitrogen and oxygen atoms in total. The van der Waals surface area contributed by atoms with Crippen LogP contribution in [0.15, 0.2) is 64.2 Å². The molecule has 0 radical (unpaired) electrons. The fourth-order valence-corrected chi connectivity index (χ4v) is 3.64. The minimum absolute atomic E-state index is 0.269. The van der Waals surface area contributed by atoms with Crippen LogP contribution >= 0.6 is 0 Å². The van der Waals surface area contributed by atoms with Gasteiger partial charge in [0.1, 0.15) is 6.54 Å². The van der Waals surface area contributed by atoms with Crippen molar-refractivity contribution in [3.63, 3.8) is 0 Å². The number of aromatic amines is 1. The molecule has 0 atom stereocenters. The number of nitrogens with one attached hydrogen (secondary N) is 2. The van der Waals surface area contributed by atoms with Crippen LogP contribution in [0, 0.1) is 13.8 Å². The molecule has 0 saturated heterocycles. The molecule has 2 N–H and O–H groups in total. The number of hydrogen-bond donors (Lipinski definition) is 2. The van der Waals surface area contributed by atoms with Crippen molar-refractivity contribution in [2.45, 2.75) is 33.5 Å². The van der Waals surface area contributed by atoms with E-state index in [9.17, 15) is 14.4 Å². The molecule has 4 aromatic rings. The summed E-state index contributed by atoms with van der Waals surface area (Å²) in [6, 6.07) is 16.6. The standard InChI is InChI=1S/C23H23N5O3/c1-15-20(16(2)27(25-15)13-17-8-4-3-5-9-17)12-24-21(29)14-28-23(31)19-11-7-6-10-18(19)22(30)26-28/h3-11H,12-14H2,1-2H3,(H,24,29)(H,26,30). The average Bonchev–Trinajstić information content (AvgIpc) is 3.03. The van der Waals surface area contributed by atoms with Crippen LogP contribution in [0.3, 0.4) is 0 Å². The van der Waals surface area contributed by atoms with Crippen molar-refractivity contribution in [3.05, 3.63) is 97.8 Å². The highest BCUT2D eigenvalue weighted by Gasteiger charge is 2.14. The maximum atomic E-state index is 12.6. The van der Waals surface area contributed by atoms with E-state index in [2.05, 4.69) is 15.5 Å². The number of carbonyl (C=O) groups is 1. The number of aryl methyl sites for hydroxylation is 1. The van der Waals surface area contributed by atoms with E-state index in [-0.39, 0.29) is 24.4 Å². The average molecular weight is 417 g/mol. The molecule has 0 fully saturated rings. The molecular weight excluding hydrogens is 394 g/mol. The van der Waals surface area contributed by atoms with Crippen molar-refractivity contribution in [1.82, 2.24) is 24.9 Å². The molecule has 4 rings (SSSR count). The highest BCUT2D eigenvalue weighted by molar-refractivity contribution is 5.81. The Labute approximate surface area is 178 Å². The third kappa shape index (κ3) is 4.18. The van der Waals surface area contributed by atoms with E-state index in [1.54, 1.807) is 24.3 Å². The van der Waals surface area contributed by atoms with Crippen LogP contribution in [0.25, 0.3) is 10.8 Å². The Morgan fingerprint density at radius 3 is 2.42 bits per heavy atom. The first-order valence-electron chi connectivity index (χ1n) is 9.99. The number of fused-ring (bicyclic) bond motifs is 1. The fraction of sp³-hybridized carbons (Fsp3) is 0.217. The van der Waals surface area contributed by atoms with E-state index in [4.69, 9.17) is 0 Å². The molecule has 2 aromatic heterocycles. The van der Waals surface area contributed by atoms with Gasteiger partial charge in [-0.1, -0.05) is 42.5 Å². The second-order valence-corrected chi connectivity index (χ2v) is 7.45. The first-order valence-corrected chi connectivity index (χ1v) is 9.99. The zero-order valence-corrected chi connectivity index (χ0v) is 17.4. The molecule has 31 heavy (non-hydrogen) atoms. The highest BCUT2D eigenvalue weighted by Crippen LogP contribution is 2.14. The summed E-state index contributed by atoms with van der Waals surface area (Å²) < 4.78 is 2.95. The van der Waals surface area contributed by atoms with E-state index in [0.717, 1.165) is 27.2 Å². The molecule has 0 saturated carbocycles. The topological polar surface area (TPSA) is 102 Å². The van der Waals surface area contributed by atoms with Gasteiger partial charge in [-0.2, -0.15) is 5.10 Å². The summed E-state index contributed by atoms with van der Waals surface area (Å²) in [5.41, 5.74) is 3.07. The lowest BCUT2D eigenvalue weighted by molar-refractivity contribution is -0.122. The summed E-state index contributed by atoms with van der Waals surface area (Å²) in [6.07, 6.45) is 0. The second-order valence-electron chi connectivity index (χ2n) is 7.45. The molecule has 1 amide bonds. The Balaban J connectivity index is 1.47. The monoisotopic (exact) mass is 417 g/mol. The summed E-state index contributed by atoms with van der Waals surface area (Å²) in [5.74, 6) is -0.373. The van der Waals surface area contributed by atoms with Crippen LogP contribution in [0.5, 0.6) is 0 Å². The van der Waals surface area contributed by atoms with Gasteiger partial charge in [0.2, 0.25) is 5.91 Å². The Hall–Kier alpha value is -3.94. The summed E-state index contributed by atoms with van der Waals surface area (Å²) in [6.45, 7) is 4.54. The Morgan fingerprint density at radius 1 is 1.00 bits per heavy atom.